The first-order chi connectivity index (χ1) is 16.4. The van der Waals surface area contributed by atoms with Gasteiger partial charge in [-0.05, 0) is 65.1 Å². The van der Waals surface area contributed by atoms with Crippen LogP contribution in [0.4, 0.5) is 15.9 Å². The number of fused-ring (bicyclic) bond motifs is 1. The van der Waals surface area contributed by atoms with Crippen molar-refractivity contribution in [2.45, 2.75) is 47.7 Å². The summed E-state index contributed by atoms with van der Waals surface area (Å²) in [5, 5.41) is 34.3. The average molecular weight is 486 g/mol. The molecule has 0 aliphatic heterocycles. The molecule has 0 saturated heterocycles. The molecule has 2 N–H and O–H groups in total. The molecule has 13 heteroatoms. The fourth-order valence-electron chi connectivity index (χ4n) is 4.71. The number of aliphatic hydroxyl groups excluding tert-OH is 1. The molecule has 1 aromatic carbocycles. The van der Waals surface area contributed by atoms with Gasteiger partial charge in [-0.1, -0.05) is 6.42 Å². The highest BCUT2D eigenvalue weighted by molar-refractivity contribution is 7.99. The van der Waals surface area contributed by atoms with Crippen LogP contribution in [-0.4, -0.2) is 47.7 Å². The Kier molecular flexibility index (Phi) is 5.73. The molecule has 2 saturated carbocycles. The number of rotatable bonds is 8. The van der Waals surface area contributed by atoms with Gasteiger partial charge in [0, 0.05) is 28.6 Å². The first-order valence-electron chi connectivity index (χ1n) is 10.7. The minimum atomic E-state index is -0.755. The molecule has 2 unspecified atom stereocenters. The van der Waals surface area contributed by atoms with Gasteiger partial charge in [-0.2, -0.15) is 0 Å². The molecule has 11 nitrogen and oxygen atoms in total. The van der Waals surface area contributed by atoms with Crippen molar-refractivity contribution < 1.29 is 19.2 Å². The van der Waals surface area contributed by atoms with Crippen molar-refractivity contribution in [3.63, 3.8) is 0 Å². The Morgan fingerprint density at radius 3 is 2.94 bits per heavy atom. The number of pyridine rings is 1. The molecule has 3 aromatic rings. The van der Waals surface area contributed by atoms with Crippen LogP contribution in [0.5, 0.6) is 0 Å². The van der Waals surface area contributed by atoms with Crippen molar-refractivity contribution in [2.24, 2.45) is 5.92 Å². The summed E-state index contributed by atoms with van der Waals surface area (Å²) in [6.07, 6.45) is 5.95. The Bertz CT molecular complexity index is 1290. The first-order valence-corrected chi connectivity index (χ1v) is 11.5. The minimum Gasteiger partial charge on any atom is -0.394 e. The maximum absolute atomic E-state index is 14.9. The number of carbonyl (C=O) groups is 1. The molecule has 2 atom stereocenters. The number of nitro groups is 1. The Labute approximate surface area is 196 Å². The Hall–Kier alpha value is -3.45. The number of nitrogens with one attached hydrogen (secondary N) is 1. The summed E-state index contributed by atoms with van der Waals surface area (Å²) in [5.41, 5.74) is 0.527. The van der Waals surface area contributed by atoms with Crippen LogP contribution in [0.1, 0.15) is 41.6 Å². The molecule has 0 radical (unpaired) electrons. The minimum absolute atomic E-state index is 0.0266. The van der Waals surface area contributed by atoms with Gasteiger partial charge in [0.2, 0.25) is 5.16 Å². The maximum Gasteiger partial charge on any atom is 0.270 e. The van der Waals surface area contributed by atoms with E-state index < -0.39 is 16.6 Å². The van der Waals surface area contributed by atoms with E-state index >= 15 is 0 Å². The van der Waals surface area contributed by atoms with Crippen molar-refractivity contribution in [1.29, 1.82) is 0 Å². The summed E-state index contributed by atoms with van der Waals surface area (Å²) in [5.74, 6) is -1.06. The molecule has 5 rings (SSSR count). The number of nitro benzene ring substituents is 1. The number of halogens is 1. The van der Waals surface area contributed by atoms with E-state index in [4.69, 9.17) is 5.11 Å². The Morgan fingerprint density at radius 2 is 2.26 bits per heavy atom. The van der Waals surface area contributed by atoms with Crippen LogP contribution in [0, 0.1) is 21.8 Å². The van der Waals surface area contributed by atoms with E-state index in [0.717, 1.165) is 49.1 Å². The summed E-state index contributed by atoms with van der Waals surface area (Å²) < 4.78 is 16.2. The third-order valence-electron chi connectivity index (χ3n) is 6.49. The molecule has 176 valence electrons. The van der Waals surface area contributed by atoms with Crippen LogP contribution in [0.25, 0.3) is 0 Å². The number of nitrogens with zero attached hydrogens (tertiary/aromatic N) is 6. The molecule has 1 amide bonds. The molecular weight excluding hydrogens is 465 g/mol. The van der Waals surface area contributed by atoms with Gasteiger partial charge in [-0.3, -0.25) is 14.9 Å². The van der Waals surface area contributed by atoms with Crippen LogP contribution in [0.15, 0.2) is 40.5 Å². The molecule has 2 fully saturated rings. The Morgan fingerprint density at radius 1 is 1.41 bits per heavy atom. The number of aromatic nitrogens is 5. The van der Waals surface area contributed by atoms with Crippen molar-refractivity contribution in [2.75, 3.05) is 11.9 Å². The van der Waals surface area contributed by atoms with Crippen molar-refractivity contribution in [3.8, 4) is 0 Å². The average Bonchev–Trinajstić information content (AvgIpc) is 3.12. The van der Waals surface area contributed by atoms with E-state index in [-0.39, 0.29) is 40.8 Å². The molecule has 34 heavy (non-hydrogen) atoms. The second kappa shape index (κ2) is 8.72. The van der Waals surface area contributed by atoms with Gasteiger partial charge < -0.3 is 10.4 Å². The van der Waals surface area contributed by atoms with E-state index in [1.807, 2.05) is 0 Å². The van der Waals surface area contributed by atoms with Gasteiger partial charge in [-0.15, -0.1) is 5.10 Å². The van der Waals surface area contributed by atoms with Gasteiger partial charge >= 0.3 is 0 Å². The van der Waals surface area contributed by atoms with Crippen molar-refractivity contribution in [1.82, 2.24) is 25.2 Å². The third kappa shape index (κ3) is 4.01. The quantitative estimate of drug-likeness (QED) is 0.363. The number of carbonyl (C=O) groups excluding carboxylic acids is 1. The van der Waals surface area contributed by atoms with Crippen LogP contribution in [-0.2, 0) is 12.0 Å². The summed E-state index contributed by atoms with van der Waals surface area (Å²) >= 11 is 0.993. The van der Waals surface area contributed by atoms with E-state index in [9.17, 15) is 19.3 Å². The topological polar surface area (TPSA) is 149 Å². The van der Waals surface area contributed by atoms with Crippen LogP contribution < -0.4 is 5.32 Å². The molecular formula is C21H20FN7O4S. The van der Waals surface area contributed by atoms with E-state index in [1.54, 1.807) is 6.20 Å². The normalized spacial score (nSPS) is 20.7. The van der Waals surface area contributed by atoms with Crippen LogP contribution in [0.2, 0.25) is 0 Å². The lowest BCUT2D eigenvalue weighted by Gasteiger charge is -2.14. The summed E-state index contributed by atoms with van der Waals surface area (Å²) in [7, 11) is 0. The molecule has 2 heterocycles. The molecule has 2 aliphatic rings. The largest absolute Gasteiger partial charge is 0.394 e. The molecule has 0 spiro atoms. The zero-order chi connectivity index (χ0) is 23.9. The molecule has 2 aromatic heterocycles. The number of hydrogen-bond donors (Lipinski definition) is 2. The zero-order valence-electron chi connectivity index (χ0n) is 17.8. The number of amides is 1. The fourth-order valence-corrected chi connectivity index (χ4v) is 5.61. The number of benzene rings is 1. The second-order valence-corrected chi connectivity index (χ2v) is 9.41. The van der Waals surface area contributed by atoms with Gasteiger partial charge in [0.1, 0.15) is 0 Å². The Balaban J connectivity index is 1.41. The van der Waals surface area contributed by atoms with Gasteiger partial charge in [0.25, 0.3) is 11.6 Å². The lowest BCUT2D eigenvalue weighted by molar-refractivity contribution is -0.384. The van der Waals surface area contributed by atoms with Gasteiger partial charge in [0.15, 0.2) is 11.6 Å². The van der Waals surface area contributed by atoms with E-state index in [2.05, 4.69) is 25.8 Å². The predicted molar refractivity (Wildman–Crippen MR) is 118 cm³/mol. The fraction of sp³-hybridized carbons (Fsp3) is 0.381. The van der Waals surface area contributed by atoms with Crippen LogP contribution >= 0.6 is 11.8 Å². The molecule has 2 aliphatic carbocycles. The lowest BCUT2D eigenvalue weighted by atomic mass is 9.95. The monoisotopic (exact) mass is 485 g/mol. The van der Waals surface area contributed by atoms with E-state index in [1.165, 1.54) is 22.9 Å². The van der Waals surface area contributed by atoms with E-state index in [0.29, 0.717) is 10.8 Å². The van der Waals surface area contributed by atoms with Crippen molar-refractivity contribution in [3.05, 3.63) is 57.5 Å². The molecule has 0 bridgehead atoms. The predicted octanol–water partition coefficient (Wildman–Crippen LogP) is 2.95. The number of anilines is 1. The summed E-state index contributed by atoms with van der Waals surface area (Å²) in [6, 6.07) is 5.19. The van der Waals surface area contributed by atoms with Crippen LogP contribution in [0.3, 0.4) is 0 Å². The first kappa shape index (κ1) is 22.3. The van der Waals surface area contributed by atoms with Gasteiger partial charge in [0.05, 0.1) is 23.6 Å². The van der Waals surface area contributed by atoms with Crippen molar-refractivity contribution >= 4 is 29.2 Å². The number of tetrazole rings is 1. The zero-order valence-corrected chi connectivity index (χ0v) is 18.7. The number of hydrogen-bond acceptors (Lipinski definition) is 9. The number of aliphatic hydroxyl groups is 1. The van der Waals surface area contributed by atoms with Gasteiger partial charge in [-0.25, -0.2) is 14.1 Å². The smallest absolute Gasteiger partial charge is 0.270 e. The maximum atomic E-state index is 14.9. The highest BCUT2D eigenvalue weighted by Crippen LogP contribution is 2.64. The SMILES string of the molecule is O=C(Nc1ncc(C23CCCC2C3)cc1F)c1cc([N+](=O)[O-])ccc1Sc1nnnn1CCO. The number of non-ortho nitro benzene ring substituents is 1. The standard InChI is InChI=1S/C21H20FN7O4S/c22-16-8-13(21-5-1-2-12(21)10-21)11-23-18(16)24-19(31)15-9-14(29(32)33)3-4-17(15)34-20-25-26-27-28(20)6-7-30/h3-4,8-9,11-12,30H,1-2,5-7,10H2,(H,23,24,31). The second-order valence-electron chi connectivity index (χ2n) is 8.41. The summed E-state index contributed by atoms with van der Waals surface area (Å²) in [6.45, 7) is -0.0666. The highest BCUT2D eigenvalue weighted by Gasteiger charge is 2.57. The summed E-state index contributed by atoms with van der Waals surface area (Å²) in [4.78, 5) is 28.2. The highest BCUT2D eigenvalue weighted by atomic mass is 32.2. The lowest BCUT2D eigenvalue weighted by Crippen LogP contribution is -2.17. The third-order valence-corrected chi connectivity index (χ3v) is 7.54.